The molecule has 3 aromatic rings. The molecule has 0 aliphatic heterocycles. The van der Waals surface area contributed by atoms with Gasteiger partial charge in [0.25, 0.3) is 0 Å². The summed E-state index contributed by atoms with van der Waals surface area (Å²) in [6, 6.07) is 11.1. The van der Waals surface area contributed by atoms with E-state index in [1.165, 1.54) is 0 Å². The van der Waals surface area contributed by atoms with Gasteiger partial charge in [-0.15, -0.1) is 0 Å². The molecule has 0 aliphatic carbocycles. The number of nitrogens with zero attached hydrogens (tertiary/aromatic N) is 1. The molecule has 0 bridgehead atoms. The van der Waals surface area contributed by atoms with Crippen LogP contribution in [0.2, 0.25) is 5.02 Å². The number of aryl methyl sites for hydroxylation is 1. The molecular formula is C15H13ClN2O2. The first-order valence-electron chi connectivity index (χ1n) is 6.29. The van der Waals surface area contributed by atoms with Crippen LogP contribution in [0.15, 0.2) is 45.3 Å². The molecule has 1 aromatic carbocycles. The molecule has 0 radical (unpaired) electrons. The highest BCUT2D eigenvalue weighted by atomic mass is 35.5. The summed E-state index contributed by atoms with van der Waals surface area (Å²) < 4.78 is 10.8. The fraction of sp³-hybridized carbons (Fsp3) is 0.133. The summed E-state index contributed by atoms with van der Waals surface area (Å²) in [6.07, 6.45) is 0.823. The van der Waals surface area contributed by atoms with Crippen LogP contribution in [0.25, 0.3) is 22.6 Å². The average molecular weight is 289 g/mol. The zero-order valence-corrected chi connectivity index (χ0v) is 11.6. The minimum Gasteiger partial charge on any atom is -0.459 e. The maximum Gasteiger partial charge on any atom is 0.230 e. The van der Waals surface area contributed by atoms with Gasteiger partial charge in [-0.05, 0) is 29.8 Å². The van der Waals surface area contributed by atoms with Gasteiger partial charge in [-0.2, -0.15) is 0 Å². The molecule has 3 rings (SSSR count). The number of halogens is 1. The average Bonchev–Trinajstić information content (AvgIpc) is 3.06. The first-order chi connectivity index (χ1) is 9.69. The second-order valence-electron chi connectivity index (χ2n) is 4.40. The molecule has 2 aromatic heterocycles. The first-order valence-corrected chi connectivity index (χ1v) is 6.67. The third-order valence-corrected chi connectivity index (χ3v) is 3.35. The number of furan rings is 1. The van der Waals surface area contributed by atoms with Gasteiger partial charge in [-0.25, -0.2) is 0 Å². The number of anilines is 1. The Morgan fingerprint density at radius 1 is 1.15 bits per heavy atom. The molecule has 0 unspecified atom stereocenters. The van der Waals surface area contributed by atoms with E-state index in [9.17, 15) is 0 Å². The maximum absolute atomic E-state index is 5.90. The molecule has 0 fully saturated rings. The highest BCUT2D eigenvalue weighted by Gasteiger charge is 2.19. The van der Waals surface area contributed by atoms with Crippen LogP contribution in [-0.2, 0) is 6.42 Å². The molecule has 0 amide bonds. The number of rotatable bonds is 3. The zero-order chi connectivity index (χ0) is 14.1. The van der Waals surface area contributed by atoms with Gasteiger partial charge < -0.3 is 14.7 Å². The Bertz CT molecular complexity index is 729. The minimum absolute atomic E-state index is 0.261. The SMILES string of the molecule is CCc1ccc(-c2noc(N)c2-c2ccc(Cl)cc2)o1. The number of nitrogen functional groups attached to an aromatic ring is 1. The van der Waals surface area contributed by atoms with Crippen molar-refractivity contribution in [3.05, 3.63) is 47.2 Å². The molecule has 0 spiro atoms. The van der Waals surface area contributed by atoms with Crippen molar-refractivity contribution in [2.24, 2.45) is 0 Å². The van der Waals surface area contributed by atoms with Gasteiger partial charge in [0, 0.05) is 11.4 Å². The van der Waals surface area contributed by atoms with Crippen molar-refractivity contribution in [3.63, 3.8) is 0 Å². The summed E-state index contributed by atoms with van der Waals surface area (Å²) in [5, 5.41) is 4.67. The van der Waals surface area contributed by atoms with Gasteiger partial charge in [0.1, 0.15) is 5.76 Å². The Kier molecular flexibility index (Phi) is 3.24. The molecular weight excluding hydrogens is 276 g/mol. The number of benzene rings is 1. The summed E-state index contributed by atoms with van der Waals surface area (Å²) in [4.78, 5) is 0. The van der Waals surface area contributed by atoms with Crippen molar-refractivity contribution in [1.29, 1.82) is 0 Å². The van der Waals surface area contributed by atoms with E-state index in [4.69, 9.17) is 26.3 Å². The highest BCUT2D eigenvalue weighted by Crippen LogP contribution is 2.37. The monoisotopic (exact) mass is 288 g/mol. The molecule has 0 saturated heterocycles. The van der Waals surface area contributed by atoms with E-state index in [1.54, 1.807) is 12.1 Å². The molecule has 4 nitrogen and oxygen atoms in total. The summed E-state index contributed by atoms with van der Waals surface area (Å²) >= 11 is 5.90. The fourth-order valence-electron chi connectivity index (χ4n) is 2.06. The van der Waals surface area contributed by atoms with Crippen molar-refractivity contribution >= 4 is 17.5 Å². The largest absolute Gasteiger partial charge is 0.459 e. The highest BCUT2D eigenvalue weighted by molar-refractivity contribution is 6.30. The van der Waals surface area contributed by atoms with Gasteiger partial charge in [-0.3, -0.25) is 0 Å². The standard InChI is InChI=1S/C15H13ClN2O2/c1-2-11-7-8-12(19-11)14-13(15(17)20-18-14)9-3-5-10(16)6-4-9/h3-8H,2,17H2,1H3. The molecule has 0 atom stereocenters. The predicted octanol–water partition coefficient (Wildman–Crippen LogP) is 4.40. The molecule has 102 valence electrons. The number of aromatic nitrogens is 1. The molecule has 0 saturated carbocycles. The van der Waals surface area contributed by atoms with Crippen molar-refractivity contribution in [2.45, 2.75) is 13.3 Å². The smallest absolute Gasteiger partial charge is 0.230 e. The van der Waals surface area contributed by atoms with E-state index < -0.39 is 0 Å². The quantitative estimate of drug-likeness (QED) is 0.776. The molecule has 0 aliphatic rings. The van der Waals surface area contributed by atoms with Gasteiger partial charge >= 0.3 is 0 Å². The van der Waals surface area contributed by atoms with Crippen LogP contribution in [0.1, 0.15) is 12.7 Å². The predicted molar refractivity (Wildman–Crippen MR) is 78.4 cm³/mol. The van der Waals surface area contributed by atoms with E-state index in [0.717, 1.165) is 23.3 Å². The number of hydrogen-bond acceptors (Lipinski definition) is 4. The Hall–Kier alpha value is -2.20. The van der Waals surface area contributed by atoms with Gasteiger partial charge in [0.15, 0.2) is 11.5 Å². The van der Waals surface area contributed by atoms with Gasteiger partial charge in [0.2, 0.25) is 5.88 Å². The first kappa shape index (κ1) is 12.8. The van der Waals surface area contributed by atoms with E-state index in [1.807, 2.05) is 31.2 Å². The lowest BCUT2D eigenvalue weighted by Gasteiger charge is -2.01. The second-order valence-corrected chi connectivity index (χ2v) is 4.83. The lowest BCUT2D eigenvalue weighted by atomic mass is 10.0. The van der Waals surface area contributed by atoms with Gasteiger partial charge in [-0.1, -0.05) is 35.8 Å². The molecule has 2 heterocycles. The van der Waals surface area contributed by atoms with Crippen molar-refractivity contribution in [2.75, 3.05) is 5.73 Å². The van der Waals surface area contributed by atoms with Gasteiger partial charge in [0.05, 0.1) is 5.56 Å². The van der Waals surface area contributed by atoms with Crippen molar-refractivity contribution < 1.29 is 8.94 Å². The maximum atomic E-state index is 5.90. The van der Waals surface area contributed by atoms with Crippen LogP contribution in [0.3, 0.4) is 0 Å². The number of nitrogens with two attached hydrogens (primary N) is 1. The molecule has 20 heavy (non-hydrogen) atoms. The summed E-state index contributed by atoms with van der Waals surface area (Å²) in [5.74, 6) is 1.80. The van der Waals surface area contributed by atoms with Crippen LogP contribution in [-0.4, -0.2) is 5.16 Å². The third kappa shape index (κ3) is 2.18. The van der Waals surface area contributed by atoms with E-state index in [2.05, 4.69) is 5.16 Å². The topological polar surface area (TPSA) is 65.2 Å². The zero-order valence-electron chi connectivity index (χ0n) is 10.9. The second kappa shape index (κ2) is 5.06. The van der Waals surface area contributed by atoms with Crippen LogP contribution in [0.5, 0.6) is 0 Å². The normalized spacial score (nSPS) is 10.9. The number of hydrogen-bond donors (Lipinski definition) is 1. The Morgan fingerprint density at radius 3 is 2.55 bits per heavy atom. The van der Waals surface area contributed by atoms with Crippen LogP contribution in [0.4, 0.5) is 5.88 Å². The summed E-state index contributed by atoms with van der Waals surface area (Å²) in [5.41, 5.74) is 8.09. The molecule has 2 N–H and O–H groups in total. The van der Waals surface area contributed by atoms with E-state index in [0.29, 0.717) is 16.5 Å². The fourth-order valence-corrected chi connectivity index (χ4v) is 2.19. The molecule has 5 heteroatoms. The Labute approximate surface area is 121 Å². The van der Waals surface area contributed by atoms with E-state index in [-0.39, 0.29) is 5.88 Å². The Balaban J connectivity index is 2.11. The lowest BCUT2D eigenvalue weighted by Crippen LogP contribution is -1.87. The van der Waals surface area contributed by atoms with E-state index >= 15 is 0 Å². The minimum atomic E-state index is 0.261. The van der Waals surface area contributed by atoms with Crippen molar-refractivity contribution in [1.82, 2.24) is 5.16 Å². The summed E-state index contributed by atoms with van der Waals surface area (Å²) in [6.45, 7) is 2.03. The summed E-state index contributed by atoms with van der Waals surface area (Å²) in [7, 11) is 0. The lowest BCUT2D eigenvalue weighted by molar-refractivity contribution is 0.434. The van der Waals surface area contributed by atoms with Crippen molar-refractivity contribution in [3.8, 4) is 22.6 Å². The van der Waals surface area contributed by atoms with Crippen LogP contribution >= 0.6 is 11.6 Å². The van der Waals surface area contributed by atoms with Crippen LogP contribution in [0, 0.1) is 0 Å². The Morgan fingerprint density at radius 2 is 1.90 bits per heavy atom. The van der Waals surface area contributed by atoms with Crippen LogP contribution < -0.4 is 5.73 Å². The third-order valence-electron chi connectivity index (χ3n) is 3.09.